The lowest BCUT2D eigenvalue weighted by Gasteiger charge is -2.14. The van der Waals surface area contributed by atoms with Gasteiger partial charge in [-0.2, -0.15) is 0 Å². The third-order valence-electron chi connectivity index (χ3n) is 3.53. The Balaban J connectivity index is 1.70. The van der Waals surface area contributed by atoms with Gasteiger partial charge in [0.05, 0.1) is 12.2 Å². The summed E-state index contributed by atoms with van der Waals surface area (Å²) >= 11 is 3.43. The van der Waals surface area contributed by atoms with Crippen LogP contribution in [0.25, 0.3) is 0 Å². The summed E-state index contributed by atoms with van der Waals surface area (Å²) in [6.45, 7) is 4.39. The Morgan fingerprint density at radius 1 is 1.22 bits per heavy atom. The van der Waals surface area contributed by atoms with Crippen molar-refractivity contribution in [3.8, 4) is 0 Å². The minimum atomic E-state index is -0.156. The molecule has 0 saturated carbocycles. The zero-order valence-corrected chi connectivity index (χ0v) is 15.1. The Morgan fingerprint density at radius 2 is 1.96 bits per heavy atom. The number of pyridine rings is 1. The topological polar surface area (TPSA) is 54.0 Å². The molecule has 0 bridgehead atoms. The summed E-state index contributed by atoms with van der Waals surface area (Å²) in [5, 5.41) is 5.80. The first kappa shape index (κ1) is 17.5. The zero-order valence-electron chi connectivity index (χ0n) is 13.5. The van der Waals surface area contributed by atoms with Crippen LogP contribution in [0.5, 0.6) is 0 Å². The summed E-state index contributed by atoms with van der Waals surface area (Å²) in [6, 6.07) is 14.0. The Kier molecular flexibility index (Phi) is 6.59. The monoisotopic (exact) mass is 375 g/mol. The van der Waals surface area contributed by atoms with Gasteiger partial charge in [0.2, 0.25) is 0 Å². The summed E-state index contributed by atoms with van der Waals surface area (Å²) < 4.78 is 1.08. The number of carbonyl (C=O) groups is 1. The van der Waals surface area contributed by atoms with Crippen molar-refractivity contribution in [2.24, 2.45) is 0 Å². The first-order valence-corrected chi connectivity index (χ1v) is 8.53. The van der Waals surface area contributed by atoms with Crippen molar-refractivity contribution in [2.45, 2.75) is 39.3 Å². The fourth-order valence-electron chi connectivity index (χ4n) is 2.25. The van der Waals surface area contributed by atoms with Gasteiger partial charge in [-0.3, -0.25) is 4.98 Å². The van der Waals surface area contributed by atoms with Gasteiger partial charge in [0.1, 0.15) is 0 Å². The summed E-state index contributed by atoms with van der Waals surface area (Å²) in [4.78, 5) is 16.3. The molecule has 0 aliphatic rings. The quantitative estimate of drug-likeness (QED) is 0.802. The van der Waals surface area contributed by atoms with Crippen LogP contribution in [0.2, 0.25) is 0 Å². The van der Waals surface area contributed by atoms with Crippen LogP contribution in [-0.2, 0) is 13.0 Å². The first-order chi connectivity index (χ1) is 11.0. The molecule has 1 aromatic carbocycles. The van der Waals surface area contributed by atoms with Crippen LogP contribution in [0.4, 0.5) is 4.79 Å². The van der Waals surface area contributed by atoms with Crippen molar-refractivity contribution in [2.75, 3.05) is 0 Å². The van der Waals surface area contributed by atoms with Gasteiger partial charge in [0, 0.05) is 16.2 Å². The molecule has 1 aromatic heterocycles. The van der Waals surface area contributed by atoms with Crippen molar-refractivity contribution in [1.29, 1.82) is 0 Å². The maximum atomic E-state index is 11.9. The highest BCUT2D eigenvalue weighted by Gasteiger charge is 2.07. The van der Waals surface area contributed by atoms with Gasteiger partial charge in [-0.15, -0.1) is 0 Å². The molecule has 2 amide bonds. The average Bonchev–Trinajstić information content (AvgIpc) is 2.52. The highest BCUT2D eigenvalue weighted by molar-refractivity contribution is 9.10. The van der Waals surface area contributed by atoms with Crippen molar-refractivity contribution in [3.63, 3.8) is 0 Å². The normalized spacial score (nSPS) is 11.8. The number of benzene rings is 1. The van der Waals surface area contributed by atoms with E-state index >= 15 is 0 Å². The first-order valence-electron chi connectivity index (χ1n) is 7.74. The van der Waals surface area contributed by atoms with Gasteiger partial charge >= 0.3 is 6.03 Å². The molecule has 0 spiro atoms. The molecule has 1 unspecified atom stereocenters. The molecule has 23 heavy (non-hydrogen) atoms. The highest BCUT2D eigenvalue weighted by atomic mass is 79.9. The van der Waals surface area contributed by atoms with Gasteiger partial charge < -0.3 is 10.6 Å². The molecule has 1 atom stereocenters. The molecular weight excluding hydrogens is 354 g/mol. The fourth-order valence-corrected chi connectivity index (χ4v) is 2.51. The van der Waals surface area contributed by atoms with E-state index in [1.54, 1.807) is 0 Å². The Labute approximate surface area is 145 Å². The predicted octanol–water partition coefficient (Wildman–Crippen LogP) is 3.97. The zero-order chi connectivity index (χ0) is 16.7. The standard InChI is InChI=1S/C18H22BrN3O/c1-13-4-3-5-17(21-13)12-20-18(23)22-14(2)6-7-15-8-10-16(19)11-9-15/h3-5,8-11,14H,6-7,12H2,1-2H3,(H2,20,22,23). The van der Waals surface area contributed by atoms with Gasteiger partial charge in [-0.25, -0.2) is 4.79 Å². The van der Waals surface area contributed by atoms with Crippen LogP contribution < -0.4 is 10.6 Å². The smallest absolute Gasteiger partial charge is 0.315 e. The lowest BCUT2D eigenvalue weighted by molar-refractivity contribution is 0.236. The maximum absolute atomic E-state index is 11.9. The number of aryl methyl sites for hydroxylation is 2. The van der Waals surface area contributed by atoms with Crippen molar-refractivity contribution in [3.05, 3.63) is 63.9 Å². The predicted molar refractivity (Wildman–Crippen MR) is 96.3 cm³/mol. The van der Waals surface area contributed by atoms with Gasteiger partial charge in [0.15, 0.2) is 0 Å². The van der Waals surface area contributed by atoms with Crippen LogP contribution in [-0.4, -0.2) is 17.1 Å². The SMILES string of the molecule is Cc1cccc(CNC(=O)NC(C)CCc2ccc(Br)cc2)n1. The lowest BCUT2D eigenvalue weighted by Crippen LogP contribution is -2.40. The van der Waals surface area contributed by atoms with E-state index in [-0.39, 0.29) is 12.1 Å². The van der Waals surface area contributed by atoms with E-state index in [9.17, 15) is 4.79 Å². The molecule has 2 rings (SSSR count). The molecule has 0 saturated heterocycles. The molecular formula is C18H22BrN3O. The number of urea groups is 1. The third kappa shape index (κ3) is 6.40. The number of rotatable bonds is 6. The van der Waals surface area contributed by atoms with Crippen molar-refractivity contribution >= 4 is 22.0 Å². The van der Waals surface area contributed by atoms with E-state index in [1.807, 2.05) is 44.2 Å². The molecule has 5 heteroatoms. The van der Waals surface area contributed by atoms with Crippen molar-refractivity contribution < 1.29 is 4.79 Å². The summed E-state index contributed by atoms with van der Waals surface area (Å²) in [5.41, 5.74) is 3.08. The van der Waals surface area contributed by atoms with E-state index in [1.165, 1.54) is 5.56 Å². The number of nitrogens with zero attached hydrogens (tertiary/aromatic N) is 1. The van der Waals surface area contributed by atoms with Crippen LogP contribution >= 0.6 is 15.9 Å². The number of aromatic nitrogens is 1. The second-order valence-electron chi connectivity index (χ2n) is 5.66. The van der Waals surface area contributed by atoms with E-state index < -0.39 is 0 Å². The Hall–Kier alpha value is -1.88. The molecule has 0 aliphatic heterocycles. The van der Waals surface area contributed by atoms with E-state index in [0.717, 1.165) is 28.7 Å². The van der Waals surface area contributed by atoms with Crippen LogP contribution in [0.3, 0.4) is 0 Å². The molecule has 0 aliphatic carbocycles. The minimum absolute atomic E-state index is 0.115. The number of hydrogen-bond acceptors (Lipinski definition) is 2. The number of carbonyl (C=O) groups excluding carboxylic acids is 1. The summed E-state index contributed by atoms with van der Waals surface area (Å²) in [6.07, 6.45) is 1.84. The number of hydrogen-bond donors (Lipinski definition) is 2. The molecule has 0 radical (unpaired) electrons. The number of amides is 2. The molecule has 0 fully saturated rings. The molecule has 1 heterocycles. The molecule has 2 N–H and O–H groups in total. The van der Waals surface area contributed by atoms with Crippen molar-refractivity contribution in [1.82, 2.24) is 15.6 Å². The van der Waals surface area contributed by atoms with E-state index in [4.69, 9.17) is 0 Å². The van der Waals surface area contributed by atoms with Gasteiger partial charge in [-0.1, -0.05) is 34.1 Å². The lowest BCUT2D eigenvalue weighted by atomic mass is 10.1. The largest absolute Gasteiger partial charge is 0.336 e. The Bertz CT molecular complexity index is 643. The second-order valence-corrected chi connectivity index (χ2v) is 6.58. The maximum Gasteiger partial charge on any atom is 0.315 e. The summed E-state index contributed by atoms with van der Waals surface area (Å²) in [5.74, 6) is 0. The van der Waals surface area contributed by atoms with Crippen LogP contribution in [0, 0.1) is 6.92 Å². The average molecular weight is 376 g/mol. The molecule has 122 valence electrons. The van der Waals surface area contributed by atoms with E-state index in [0.29, 0.717) is 6.54 Å². The second kappa shape index (κ2) is 8.67. The third-order valence-corrected chi connectivity index (χ3v) is 4.06. The van der Waals surface area contributed by atoms with Crippen LogP contribution in [0.1, 0.15) is 30.3 Å². The molecule has 2 aromatic rings. The summed E-state index contributed by atoms with van der Waals surface area (Å²) in [7, 11) is 0. The fraction of sp³-hybridized carbons (Fsp3) is 0.333. The van der Waals surface area contributed by atoms with Crippen LogP contribution in [0.15, 0.2) is 46.9 Å². The van der Waals surface area contributed by atoms with Gasteiger partial charge in [0.25, 0.3) is 0 Å². The number of halogens is 1. The number of nitrogens with one attached hydrogen (secondary N) is 2. The van der Waals surface area contributed by atoms with E-state index in [2.05, 4.69) is 43.7 Å². The minimum Gasteiger partial charge on any atom is -0.336 e. The Morgan fingerprint density at radius 3 is 2.65 bits per heavy atom. The highest BCUT2D eigenvalue weighted by Crippen LogP contribution is 2.12. The molecule has 4 nitrogen and oxygen atoms in total. The van der Waals surface area contributed by atoms with Gasteiger partial charge in [-0.05, 0) is 56.5 Å².